The van der Waals surface area contributed by atoms with E-state index in [1.165, 1.54) is 98.5 Å². The molecule has 0 amide bonds. The van der Waals surface area contributed by atoms with E-state index in [0.717, 1.165) is 18.5 Å². The third-order valence-corrected chi connectivity index (χ3v) is 17.0. The molecule has 0 N–H and O–H groups in total. The Hall–Kier alpha value is -4.86. The zero-order valence-electron chi connectivity index (χ0n) is 44.0. The zero-order valence-corrected chi connectivity index (χ0v) is 44.8. The van der Waals surface area contributed by atoms with E-state index >= 15 is 0 Å². The number of aryl methyl sites for hydroxylation is 1. The summed E-state index contributed by atoms with van der Waals surface area (Å²) in [4.78, 5) is 2.58. The topological polar surface area (TPSA) is 3.24 Å². The van der Waals surface area contributed by atoms with Crippen molar-refractivity contribution in [3.05, 3.63) is 177 Å². The van der Waals surface area contributed by atoms with Gasteiger partial charge in [0, 0.05) is 27.6 Å². The van der Waals surface area contributed by atoms with Gasteiger partial charge in [-0.3, -0.25) is 0 Å². The van der Waals surface area contributed by atoms with Gasteiger partial charge < -0.3 is 4.90 Å². The molecule has 1 atom stereocenters. The first-order valence-corrected chi connectivity index (χ1v) is 25.9. The molecule has 1 nitrogen and oxygen atoms in total. The SMILES string of the molecule is C=C1C=C2/C(=C\B3c4sc5ccc(C(C)(C)C)cc5c4C(c4ccc(C(C)(C)C)cc4)c4cc(C)cc(c43)N1c1ccc(C(C)(C)C)cc1-c1ccc(C(C)(C)C)cc1)C(C)(C)CCC2(C)C. The molecule has 1 aliphatic carbocycles. The fraction of sp³-hybridized carbons (Fsp3) is 0.406. The van der Waals surface area contributed by atoms with E-state index in [0.29, 0.717) is 0 Å². The van der Waals surface area contributed by atoms with Gasteiger partial charge in [-0.1, -0.05) is 190 Å². The lowest BCUT2D eigenvalue weighted by Crippen LogP contribution is -2.50. The maximum Gasteiger partial charge on any atom is 0.250 e. The molecular formula is C64H76BNS. The first-order chi connectivity index (χ1) is 31.0. The van der Waals surface area contributed by atoms with Crippen LogP contribution in [0.2, 0.25) is 0 Å². The Labute approximate surface area is 409 Å². The van der Waals surface area contributed by atoms with Crippen molar-refractivity contribution in [3.63, 3.8) is 0 Å². The van der Waals surface area contributed by atoms with Crippen LogP contribution in [0.3, 0.4) is 0 Å². The van der Waals surface area contributed by atoms with E-state index in [2.05, 4.69) is 232 Å². The summed E-state index contributed by atoms with van der Waals surface area (Å²) in [5.74, 6) is 2.79. The zero-order chi connectivity index (χ0) is 48.6. The fourth-order valence-electron chi connectivity index (χ4n) is 11.3. The lowest BCUT2D eigenvalue weighted by atomic mass is 9.36. The van der Waals surface area contributed by atoms with Gasteiger partial charge in [0.05, 0.1) is 5.69 Å². The highest BCUT2D eigenvalue weighted by molar-refractivity contribution is 7.31. The number of fused-ring (bicyclic) bond motifs is 5. The number of thiophene rings is 1. The number of hydrogen-bond donors (Lipinski definition) is 0. The molecule has 67 heavy (non-hydrogen) atoms. The number of allylic oxidation sites excluding steroid dienone is 3. The van der Waals surface area contributed by atoms with Gasteiger partial charge in [0.2, 0.25) is 0 Å². The van der Waals surface area contributed by atoms with Crippen molar-refractivity contribution in [1.29, 1.82) is 0 Å². The molecule has 3 aliphatic rings. The maximum absolute atomic E-state index is 5.15. The third kappa shape index (κ3) is 8.34. The molecule has 0 spiro atoms. The summed E-state index contributed by atoms with van der Waals surface area (Å²) in [5.41, 5.74) is 21.1. The Morgan fingerprint density at radius 3 is 1.70 bits per heavy atom. The molecule has 3 heteroatoms. The number of nitrogens with zero attached hydrogens (tertiary/aromatic N) is 1. The van der Waals surface area contributed by atoms with Gasteiger partial charge >= 0.3 is 0 Å². The molecule has 1 saturated carbocycles. The molecule has 0 saturated heterocycles. The minimum Gasteiger partial charge on any atom is -0.311 e. The average molecular weight is 902 g/mol. The second kappa shape index (κ2) is 15.8. The van der Waals surface area contributed by atoms with Crippen molar-refractivity contribution in [2.24, 2.45) is 10.8 Å². The molecular weight excluding hydrogens is 826 g/mol. The van der Waals surface area contributed by atoms with Crippen molar-refractivity contribution in [1.82, 2.24) is 0 Å². The molecule has 5 aromatic carbocycles. The predicted octanol–water partition coefficient (Wildman–Crippen LogP) is 17.1. The molecule has 1 fully saturated rings. The van der Waals surface area contributed by atoms with Gasteiger partial charge in [0.15, 0.2) is 0 Å². The summed E-state index contributed by atoms with van der Waals surface area (Å²) in [6.07, 6.45) is 4.76. The minimum atomic E-state index is -0.0381. The normalized spacial score (nSPS) is 19.1. The molecule has 1 unspecified atom stereocenters. The highest BCUT2D eigenvalue weighted by Crippen LogP contribution is 2.55. The molecule has 0 radical (unpaired) electrons. The number of benzene rings is 5. The molecule has 9 rings (SSSR count). The van der Waals surface area contributed by atoms with Gasteiger partial charge in [-0.2, -0.15) is 0 Å². The van der Waals surface area contributed by atoms with Crippen LogP contribution in [0.1, 0.15) is 174 Å². The van der Waals surface area contributed by atoms with Crippen LogP contribution in [0.4, 0.5) is 11.4 Å². The van der Waals surface area contributed by atoms with E-state index in [1.54, 1.807) is 0 Å². The third-order valence-electron chi connectivity index (χ3n) is 15.7. The number of anilines is 2. The second-order valence-corrected chi connectivity index (χ2v) is 27.0. The lowest BCUT2D eigenvalue weighted by molar-refractivity contribution is 0.260. The monoisotopic (exact) mass is 902 g/mol. The van der Waals surface area contributed by atoms with Crippen molar-refractivity contribution in [3.8, 4) is 11.1 Å². The summed E-state index contributed by atoms with van der Waals surface area (Å²) < 4.78 is 2.85. The van der Waals surface area contributed by atoms with Crippen LogP contribution in [0.25, 0.3) is 21.2 Å². The van der Waals surface area contributed by atoms with E-state index in [1.807, 2.05) is 11.3 Å². The average Bonchev–Trinajstić information content (AvgIpc) is 3.62. The van der Waals surface area contributed by atoms with E-state index in [-0.39, 0.29) is 45.1 Å². The lowest BCUT2D eigenvalue weighted by Gasteiger charge is -2.45. The van der Waals surface area contributed by atoms with Crippen molar-refractivity contribution >= 4 is 49.7 Å². The van der Waals surface area contributed by atoms with Crippen molar-refractivity contribution < 1.29 is 0 Å². The van der Waals surface area contributed by atoms with Gasteiger partial charge in [0.1, 0.15) is 0 Å². The largest absolute Gasteiger partial charge is 0.311 e. The highest BCUT2D eigenvalue weighted by atomic mass is 32.1. The van der Waals surface area contributed by atoms with E-state index in [4.69, 9.17) is 6.58 Å². The Morgan fingerprint density at radius 2 is 1.12 bits per heavy atom. The van der Waals surface area contributed by atoms with Crippen LogP contribution in [0, 0.1) is 17.8 Å². The van der Waals surface area contributed by atoms with E-state index < -0.39 is 0 Å². The fourth-order valence-corrected chi connectivity index (χ4v) is 12.6. The number of hydrogen-bond acceptors (Lipinski definition) is 2. The van der Waals surface area contributed by atoms with Crippen LogP contribution in [0.15, 0.2) is 133 Å². The van der Waals surface area contributed by atoms with Crippen LogP contribution in [0.5, 0.6) is 0 Å². The minimum absolute atomic E-state index is 0.0218. The molecule has 6 aromatic rings. The Kier molecular flexibility index (Phi) is 11.2. The van der Waals surface area contributed by atoms with Crippen LogP contribution < -0.4 is 15.1 Å². The van der Waals surface area contributed by atoms with Crippen molar-refractivity contribution in [2.75, 3.05) is 4.90 Å². The Morgan fingerprint density at radius 1 is 0.597 bits per heavy atom. The first kappa shape index (κ1) is 47.2. The first-order valence-electron chi connectivity index (χ1n) is 25.1. The molecule has 0 bridgehead atoms. The van der Waals surface area contributed by atoms with E-state index in [9.17, 15) is 0 Å². The van der Waals surface area contributed by atoms with Gasteiger partial charge in [-0.15, -0.1) is 17.3 Å². The Balaban J connectivity index is 1.43. The van der Waals surface area contributed by atoms with Gasteiger partial charge in [0.25, 0.3) is 6.71 Å². The summed E-state index contributed by atoms with van der Waals surface area (Å²) in [5, 5.41) is 1.41. The quantitative estimate of drug-likeness (QED) is 0.160. The summed E-state index contributed by atoms with van der Waals surface area (Å²) in [6.45, 7) is 45.4. The van der Waals surface area contributed by atoms with Crippen molar-refractivity contribution in [2.45, 2.75) is 158 Å². The maximum atomic E-state index is 5.15. The second-order valence-electron chi connectivity index (χ2n) is 26.0. The Bertz CT molecular complexity index is 3010. The highest BCUT2D eigenvalue weighted by Gasteiger charge is 2.46. The predicted molar refractivity (Wildman–Crippen MR) is 296 cm³/mol. The molecule has 346 valence electrons. The van der Waals surface area contributed by atoms with Gasteiger partial charge in [-0.25, -0.2) is 0 Å². The van der Waals surface area contributed by atoms with Crippen LogP contribution in [-0.4, -0.2) is 6.71 Å². The number of rotatable bonds is 3. The summed E-state index contributed by atoms with van der Waals surface area (Å²) >= 11 is 2.03. The summed E-state index contributed by atoms with van der Waals surface area (Å²) in [7, 11) is 0. The van der Waals surface area contributed by atoms with Gasteiger partial charge in [-0.05, 0) is 160 Å². The standard InChI is InChI=1S/C64H76BNS/c1-39-33-49-55(42-21-25-44(26-22-42)60(6,7)8)56-48-37-46(62(12,13)14)28-30-54(48)67-58(56)65-38-51-50(63(15,16)31-32-64(51,17)18)35-40(2)66(53(34-39)57(49)65)52-29-27-45(61(9,10)11)36-47(52)41-19-23-43(24-20-41)59(3,4)5/h19-30,33-38,55H,2,31-32H2,1,3-18H3/b50-35?,51-38+. The molecule has 3 heterocycles. The van der Waals surface area contributed by atoms with Crippen LogP contribution >= 0.6 is 11.3 Å². The molecule has 1 aromatic heterocycles. The molecule has 2 aliphatic heterocycles. The smallest absolute Gasteiger partial charge is 0.250 e. The summed E-state index contributed by atoms with van der Waals surface area (Å²) in [6, 6.07) is 38.7. The van der Waals surface area contributed by atoms with Crippen LogP contribution in [-0.2, 0) is 21.7 Å².